The van der Waals surface area contributed by atoms with E-state index in [9.17, 15) is 14.4 Å². The Labute approximate surface area is 200 Å². The van der Waals surface area contributed by atoms with Gasteiger partial charge in [0.25, 0.3) is 11.8 Å². The van der Waals surface area contributed by atoms with Crippen molar-refractivity contribution in [3.63, 3.8) is 0 Å². The van der Waals surface area contributed by atoms with Crippen LogP contribution in [0.3, 0.4) is 0 Å². The Morgan fingerprint density at radius 1 is 0.824 bits per heavy atom. The quantitative estimate of drug-likeness (QED) is 0.361. The molecular weight excluding hydrogens is 452 g/mol. The first-order valence-corrected chi connectivity index (χ1v) is 10.9. The Hall–Kier alpha value is -4.36. The van der Waals surface area contributed by atoms with Crippen LogP contribution in [-0.2, 0) is 6.54 Å². The summed E-state index contributed by atoms with van der Waals surface area (Å²) in [5.41, 5.74) is 8.04. The molecule has 4 amide bonds. The third-order valence-corrected chi connectivity index (χ3v) is 5.85. The first kappa shape index (κ1) is 21.5. The van der Waals surface area contributed by atoms with Crippen LogP contribution in [-0.4, -0.2) is 17.8 Å². The molecule has 1 heterocycles. The molecule has 3 N–H and O–H groups in total. The van der Waals surface area contributed by atoms with E-state index in [0.717, 1.165) is 22.0 Å². The first-order valence-electron chi connectivity index (χ1n) is 10.5. The normalized spacial score (nSPS) is 12.0. The van der Waals surface area contributed by atoms with Gasteiger partial charge in [-0.25, -0.2) is 10.2 Å². The van der Waals surface area contributed by atoms with Gasteiger partial charge >= 0.3 is 6.03 Å². The summed E-state index contributed by atoms with van der Waals surface area (Å²) < 4.78 is 0. The number of hydrazine groups is 1. The lowest BCUT2D eigenvalue weighted by Crippen LogP contribution is -2.43. The lowest BCUT2D eigenvalue weighted by molar-refractivity contribution is 0.0936. The molecule has 7 nitrogen and oxygen atoms in total. The number of nitrogens with zero attached hydrogens (tertiary/aromatic N) is 1. The Morgan fingerprint density at radius 3 is 2.26 bits per heavy atom. The second kappa shape index (κ2) is 8.88. The van der Waals surface area contributed by atoms with E-state index >= 15 is 0 Å². The standard InChI is InChI=1S/C26H19ClN4O3/c27-19-11-13-20(14-12-19)28-26(34)30-29-24(32)18-9-7-16(8-10-18)15-31-22-6-2-4-17-3-1-5-21(23(17)22)25(31)33/h1-14H,15H2,(H,29,32)(H2,28,30,34). The highest BCUT2D eigenvalue weighted by Gasteiger charge is 2.29. The number of halogens is 1. The van der Waals surface area contributed by atoms with Gasteiger partial charge in [-0.3, -0.25) is 15.0 Å². The summed E-state index contributed by atoms with van der Waals surface area (Å²) in [7, 11) is 0. The second-order valence-electron chi connectivity index (χ2n) is 7.81. The van der Waals surface area contributed by atoms with Crippen LogP contribution in [0.25, 0.3) is 10.8 Å². The van der Waals surface area contributed by atoms with Crippen LogP contribution < -0.4 is 21.1 Å². The molecule has 0 saturated carbocycles. The van der Waals surface area contributed by atoms with Gasteiger partial charge in [0.1, 0.15) is 0 Å². The zero-order valence-electron chi connectivity index (χ0n) is 17.8. The van der Waals surface area contributed by atoms with E-state index < -0.39 is 11.9 Å². The van der Waals surface area contributed by atoms with E-state index in [4.69, 9.17) is 11.6 Å². The van der Waals surface area contributed by atoms with Gasteiger partial charge in [0.05, 0.1) is 12.2 Å². The molecule has 0 saturated heterocycles. The van der Waals surface area contributed by atoms with E-state index in [1.54, 1.807) is 53.4 Å². The summed E-state index contributed by atoms with van der Waals surface area (Å²) in [6.07, 6.45) is 0. The van der Waals surface area contributed by atoms with Crippen LogP contribution in [0.5, 0.6) is 0 Å². The van der Waals surface area contributed by atoms with E-state index in [0.29, 0.717) is 28.4 Å². The van der Waals surface area contributed by atoms with Gasteiger partial charge in [0.2, 0.25) is 0 Å². The van der Waals surface area contributed by atoms with E-state index in [2.05, 4.69) is 16.2 Å². The lowest BCUT2D eigenvalue weighted by Gasteiger charge is -2.18. The smallest absolute Gasteiger partial charge is 0.307 e. The number of anilines is 2. The Balaban J connectivity index is 1.21. The van der Waals surface area contributed by atoms with Crippen molar-refractivity contribution in [2.75, 3.05) is 10.2 Å². The van der Waals surface area contributed by atoms with Gasteiger partial charge in [-0.15, -0.1) is 0 Å². The van der Waals surface area contributed by atoms with Crippen molar-refractivity contribution in [2.24, 2.45) is 0 Å². The van der Waals surface area contributed by atoms with Crippen LogP contribution in [0, 0.1) is 0 Å². The van der Waals surface area contributed by atoms with Crippen LogP contribution in [0.15, 0.2) is 84.9 Å². The third-order valence-electron chi connectivity index (χ3n) is 5.60. The maximum absolute atomic E-state index is 13.0. The average Bonchev–Trinajstić information content (AvgIpc) is 3.12. The van der Waals surface area contributed by atoms with Crippen molar-refractivity contribution in [3.05, 3.63) is 107 Å². The zero-order chi connectivity index (χ0) is 23.7. The molecule has 0 bridgehead atoms. The Morgan fingerprint density at radius 2 is 1.53 bits per heavy atom. The molecule has 0 aromatic heterocycles. The molecular formula is C26H19ClN4O3. The van der Waals surface area contributed by atoms with Crippen molar-refractivity contribution >= 4 is 51.6 Å². The summed E-state index contributed by atoms with van der Waals surface area (Å²) in [5, 5.41) is 5.14. The maximum atomic E-state index is 13.0. The number of urea groups is 1. The number of carbonyl (C=O) groups is 3. The minimum absolute atomic E-state index is 0.0375. The fourth-order valence-electron chi connectivity index (χ4n) is 3.96. The predicted molar refractivity (Wildman–Crippen MR) is 132 cm³/mol. The molecule has 5 rings (SSSR count). The molecule has 0 aliphatic carbocycles. The fraction of sp³-hybridized carbons (Fsp3) is 0.0385. The van der Waals surface area contributed by atoms with Crippen molar-refractivity contribution in [1.29, 1.82) is 0 Å². The summed E-state index contributed by atoms with van der Waals surface area (Å²) in [4.78, 5) is 39.1. The Bertz CT molecular complexity index is 1410. The zero-order valence-corrected chi connectivity index (χ0v) is 18.6. The van der Waals surface area contributed by atoms with Gasteiger partial charge in [0.15, 0.2) is 0 Å². The first-order chi connectivity index (χ1) is 16.5. The molecule has 0 radical (unpaired) electrons. The highest BCUT2D eigenvalue weighted by atomic mass is 35.5. The van der Waals surface area contributed by atoms with Gasteiger partial charge in [-0.1, -0.05) is 48.0 Å². The van der Waals surface area contributed by atoms with Gasteiger partial charge in [0, 0.05) is 27.2 Å². The molecule has 0 unspecified atom stereocenters. The van der Waals surface area contributed by atoms with Crippen molar-refractivity contribution < 1.29 is 14.4 Å². The number of carbonyl (C=O) groups excluding carboxylic acids is 3. The van der Waals surface area contributed by atoms with Gasteiger partial charge in [-0.2, -0.15) is 0 Å². The molecule has 4 aromatic carbocycles. The third kappa shape index (κ3) is 4.16. The highest BCUT2D eigenvalue weighted by Crippen LogP contribution is 2.37. The predicted octanol–water partition coefficient (Wildman–Crippen LogP) is 5.12. The van der Waals surface area contributed by atoms with Gasteiger partial charge < -0.3 is 10.2 Å². The molecule has 8 heteroatoms. The molecule has 0 atom stereocenters. The van der Waals surface area contributed by atoms with Crippen LogP contribution in [0.1, 0.15) is 26.3 Å². The molecule has 34 heavy (non-hydrogen) atoms. The summed E-state index contributed by atoms with van der Waals surface area (Å²) >= 11 is 5.82. The molecule has 1 aliphatic heterocycles. The highest BCUT2D eigenvalue weighted by molar-refractivity contribution is 6.30. The Kier molecular flexibility index (Phi) is 5.61. The number of hydrogen-bond acceptors (Lipinski definition) is 3. The average molecular weight is 471 g/mol. The van der Waals surface area contributed by atoms with Gasteiger partial charge in [-0.05, 0) is 59.5 Å². The van der Waals surface area contributed by atoms with E-state index in [1.165, 1.54) is 0 Å². The minimum Gasteiger partial charge on any atom is -0.307 e. The van der Waals surface area contributed by atoms with E-state index in [1.807, 2.05) is 36.4 Å². The molecule has 1 aliphatic rings. The van der Waals surface area contributed by atoms with Crippen molar-refractivity contribution in [2.45, 2.75) is 6.54 Å². The number of nitrogens with one attached hydrogen (secondary N) is 3. The number of rotatable bonds is 4. The molecule has 4 aromatic rings. The lowest BCUT2D eigenvalue weighted by atomic mass is 10.1. The summed E-state index contributed by atoms with van der Waals surface area (Å²) in [5.74, 6) is -0.503. The minimum atomic E-state index is -0.589. The number of hydrogen-bond donors (Lipinski definition) is 3. The molecule has 0 fully saturated rings. The summed E-state index contributed by atoms with van der Waals surface area (Å²) in [6, 6.07) is 24.5. The monoisotopic (exact) mass is 470 g/mol. The number of amides is 4. The van der Waals surface area contributed by atoms with E-state index in [-0.39, 0.29) is 5.91 Å². The van der Waals surface area contributed by atoms with Crippen LogP contribution >= 0.6 is 11.6 Å². The SMILES string of the molecule is O=C(NNC(=O)c1ccc(CN2C(=O)c3cccc4cccc2c34)cc1)Nc1ccc(Cl)cc1. The van der Waals surface area contributed by atoms with Crippen LogP contribution in [0.2, 0.25) is 5.02 Å². The topological polar surface area (TPSA) is 90.5 Å². The second-order valence-corrected chi connectivity index (χ2v) is 8.25. The van der Waals surface area contributed by atoms with Crippen molar-refractivity contribution in [1.82, 2.24) is 10.9 Å². The molecule has 168 valence electrons. The maximum Gasteiger partial charge on any atom is 0.337 e. The fourth-order valence-corrected chi connectivity index (χ4v) is 4.09. The van der Waals surface area contributed by atoms with Crippen molar-refractivity contribution in [3.8, 4) is 0 Å². The summed E-state index contributed by atoms with van der Waals surface area (Å²) in [6.45, 7) is 0.385. The number of benzene rings is 4. The van der Waals surface area contributed by atoms with Crippen LogP contribution in [0.4, 0.5) is 16.2 Å². The molecule has 0 spiro atoms. The largest absolute Gasteiger partial charge is 0.337 e.